The number of hydrogen-bond donors (Lipinski definition) is 3. The molecule has 1 saturated heterocycles. The number of furan rings is 1. The number of ether oxygens (including phenoxy) is 2. The van der Waals surface area contributed by atoms with Gasteiger partial charge in [-0.25, -0.2) is 20.0 Å². The third-order valence-corrected chi connectivity index (χ3v) is 5.37. The molecule has 172 valence electrons. The molecule has 3 heterocycles. The molecule has 4 N–H and O–H groups in total. The van der Waals surface area contributed by atoms with Gasteiger partial charge in [-0.05, 0) is 26.0 Å². The van der Waals surface area contributed by atoms with E-state index in [4.69, 9.17) is 19.6 Å². The molecule has 32 heavy (non-hydrogen) atoms. The molecule has 0 aliphatic carbocycles. The van der Waals surface area contributed by atoms with E-state index in [1.54, 1.807) is 12.1 Å². The summed E-state index contributed by atoms with van der Waals surface area (Å²) in [6.07, 6.45) is 2.71. The van der Waals surface area contributed by atoms with Crippen molar-refractivity contribution in [1.82, 2.24) is 15.3 Å². The summed E-state index contributed by atoms with van der Waals surface area (Å²) in [4.78, 5) is 52.6. The number of carbonyl (C=O) groups is 4. The summed E-state index contributed by atoms with van der Waals surface area (Å²) in [5.74, 6) is -2.64. The highest BCUT2D eigenvalue weighted by atomic mass is 16.5. The van der Waals surface area contributed by atoms with Crippen LogP contribution in [-0.2, 0) is 30.4 Å². The normalized spacial score (nSPS) is 24.4. The maximum atomic E-state index is 13.5. The van der Waals surface area contributed by atoms with Crippen molar-refractivity contribution in [3.63, 3.8) is 0 Å². The lowest BCUT2D eigenvalue weighted by Gasteiger charge is -2.37. The summed E-state index contributed by atoms with van der Waals surface area (Å²) >= 11 is 0. The van der Waals surface area contributed by atoms with Crippen LogP contribution in [0.4, 0.5) is 4.79 Å². The maximum absolute atomic E-state index is 13.5. The van der Waals surface area contributed by atoms with E-state index in [0.717, 1.165) is 4.90 Å². The number of carbonyl (C=O) groups excluding carboxylic acids is 4. The number of aliphatic hydroxyl groups is 1. The molecule has 3 rings (SSSR count). The second-order valence-electron chi connectivity index (χ2n) is 7.20. The van der Waals surface area contributed by atoms with Crippen molar-refractivity contribution in [2.24, 2.45) is 11.1 Å². The standard InChI is InChI=1S/C20H24N4O8/c1-4-8-32-15(25)14-12(3)24(22-18(21)28)20(29)16(26)23(10-13-7-6-9-31-13)11-19(14,20)17(27)30-5-2/h4,6-7,9,29H,1,5,8,10-11H2,2-3H3,(H3,21,22,28). The molecule has 0 radical (unpaired) electrons. The molecule has 1 aromatic rings. The Labute approximate surface area is 183 Å². The van der Waals surface area contributed by atoms with Gasteiger partial charge in [-0.1, -0.05) is 12.7 Å². The average Bonchev–Trinajstić information content (AvgIpc) is 3.37. The number of hydrazine groups is 1. The summed E-state index contributed by atoms with van der Waals surface area (Å²) in [6, 6.07) is 2.08. The zero-order chi connectivity index (χ0) is 23.7. The Morgan fingerprint density at radius 1 is 1.41 bits per heavy atom. The lowest BCUT2D eigenvalue weighted by molar-refractivity contribution is -0.190. The number of allylic oxidation sites excluding steroid dienone is 1. The molecule has 0 spiro atoms. The number of urea groups is 1. The SMILES string of the molecule is C=CCOC(=O)C1=C(C)N(NC(N)=O)C2(O)C(=O)N(Cc3ccco3)CC12C(=O)OCC. The minimum atomic E-state index is -2.74. The zero-order valence-corrected chi connectivity index (χ0v) is 17.6. The van der Waals surface area contributed by atoms with E-state index < -0.39 is 41.6 Å². The van der Waals surface area contributed by atoms with Crippen molar-refractivity contribution >= 4 is 23.9 Å². The number of hydrogen-bond acceptors (Lipinski definition) is 9. The molecular weight excluding hydrogens is 424 g/mol. The van der Waals surface area contributed by atoms with Crippen LogP contribution in [0.1, 0.15) is 19.6 Å². The number of primary amides is 1. The Morgan fingerprint density at radius 2 is 2.12 bits per heavy atom. The number of amides is 3. The largest absolute Gasteiger partial charge is 0.467 e. The molecule has 0 saturated carbocycles. The third kappa shape index (κ3) is 3.19. The van der Waals surface area contributed by atoms with E-state index in [9.17, 15) is 24.3 Å². The Balaban J connectivity index is 2.20. The second-order valence-corrected chi connectivity index (χ2v) is 7.20. The smallest absolute Gasteiger partial charge is 0.337 e. The van der Waals surface area contributed by atoms with Gasteiger partial charge in [-0.2, -0.15) is 0 Å². The molecular formula is C20H24N4O8. The van der Waals surface area contributed by atoms with Crippen molar-refractivity contribution in [3.8, 4) is 0 Å². The van der Waals surface area contributed by atoms with Gasteiger partial charge in [0, 0.05) is 12.2 Å². The molecule has 0 aromatic carbocycles. The van der Waals surface area contributed by atoms with Crippen LogP contribution in [0.25, 0.3) is 0 Å². The molecule has 1 aromatic heterocycles. The van der Waals surface area contributed by atoms with E-state index in [-0.39, 0.29) is 31.0 Å². The fraction of sp³-hybridized carbons (Fsp3) is 0.400. The molecule has 1 fully saturated rings. The number of esters is 2. The lowest BCUT2D eigenvalue weighted by Crippen LogP contribution is -2.66. The van der Waals surface area contributed by atoms with Crippen molar-refractivity contribution in [3.05, 3.63) is 48.1 Å². The molecule has 2 aliphatic heterocycles. The van der Waals surface area contributed by atoms with E-state index in [0.29, 0.717) is 10.8 Å². The molecule has 2 atom stereocenters. The van der Waals surface area contributed by atoms with Crippen molar-refractivity contribution in [2.45, 2.75) is 26.1 Å². The first-order valence-corrected chi connectivity index (χ1v) is 9.72. The number of nitrogens with two attached hydrogens (primary N) is 1. The van der Waals surface area contributed by atoms with Crippen LogP contribution in [0.3, 0.4) is 0 Å². The van der Waals surface area contributed by atoms with E-state index in [2.05, 4.69) is 12.0 Å². The third-order valence-electron chi connectivity index (χ3n) is 5.37. The number of rotatable bonds is 8. The predicted molar refractivity (Wildman–Crippen MR) is 107 cm³/mol. The summed E-state index contributed by atoms with van der Waals surface area (Å²) in [7, 11) is 0. The summed E-state index contributed by atoms with van der Waals surface area (Å²) in [6.45, 7) is 5.48. The second kappa shape index (κ2) is 8.38. The van der Waals surface area contributed by atoms with Crippen LogP contribution in [0.2, 0.25) is 0 Å². The Hall–Kier alpha value is -3.80. The lowest BCUT2D eigenvalue weighted by atomic mass is 9.75. The van der Waals surface area contributed by atoms with Crippen molar-refractivity contribution in [2.75, 3.05) is 19.8 Å². The monoisotopic (exact) mass is 448 g/mol. The first-order chi connectivity index (χ1) is 15.1. The summed E-state index contributed by atoms with van der Waals surface area (Å²) < 4.78 is 15.6. The number of nitrogens with zero attached hydrogens (tertiary/aromatic N) is 2. The van der Waals surface area contributed by atoms with Crippen molar-refractivity contribution in [1.29, 1.82) is 0 Å². The van der Waals surface area contributed by atoms with Gasteiger partial charge in [0.1, 0.15) is 12.4 Å². The van der Waals surface area contributed by atoms with E-state index in [1.165, 1.54) is 26.2 Å². The Morgan fingerprint density at radius 3 is 2.69 bits per heavy atom. The summed E-state index contributed by atoms with van der Waals surface area (Å²) in [5.41, 5.74) is 1.95. The van der Waals surface area contributed by atoms with Crippen LogP contribution >= 0.6 is 0 Å². The molecule has 12 nitrogen and oxygen atoms in total. The van der Waals surface area contributed by atoms with Gasteiger partial charge in [0.15, 0.2) is 5.41 Å². The number of nitrogens with one attached hydrogen (secondary N) is 1. The van der Waals surface area contributed by atoms with Crippen molar-refractivity contribution < 1.29 is 38.2 Å². The molecule has 3 amide bonds. The average molecular weight is 448 g/mol. The predicted octanol–water partition coefficient (Wildman–Crippen LogP) is -0.238. The summed E-state index contributed by atoms with van der Waals surface area (Å²) in [5, 5.41) is 12.4. The topological polar surface area (TPSA) is 165 Å². The fourth-order valence-corrected chi connectivity index (χ4v) is 4.16. The van der Waals surface area contributed by atoms with Crippen LogP contribution < -0.4 is 11.2 Å². The van der Waals surface area contributed by atoms with Gasteiger partial charge in [0.2, 0.25) is 0 Å². The van der Waals surface area contributed by atoms with Crippen LogP contribution in [0.15, 0.2) is 46.7 Å². The number of likely N-dealkylation sites (tertiary alicyclic amines) is 1. The van der Waals surface area contributed by atoms with Gasteiger partial charge in [-0.15, -0.1) is 0 Å². The molecule has 2 aliphatic rings. The Bertz CT molecular complexity index is 988. The van der Waals surface area contributed by atoms with Crippen LogP contribution in [0, 0.1) is 5.41 Å². The minimum absolute atomic E-state index is 0.0969. The molecule has 0 bridgehead atoms. The zero-order valence-electron chi connectivity index (χ0n) is 17.6. The molecule has 2 unspecified atom stereocenters. The van der Waals surface area contributed by atoms with Crippen LogP contribution in [0.5, 0.6) is 0 Å². The highest BCUT2D eigenvalue weighted by molar-refractivity contribution is 6.08. The van der Waals surface area contributed by atoms with E-state index >= 15 is 0 Å². The van der Waals surface area contributed by atoms with Gasteiger partial charge in [-0.3, -0.25) is 9.59 Å². The molecule has 12 heteroatoms. The fourth-order valence-electron chi connectivity index (χ4n) is 4.16. The first kappa shape index (κ1) is 22.9. The quantitative estimate of drug-likeness (QED) is 0.359. The maximum Gasteiger partial charge on any atom is 0.337 e. The first-order valence-electron chi connectivity index (χ1n) is 9.72. The van der Waals surface area contributed by atoms with Crippen LogP contribution in [-0.4, -0.2) is 64.4 Å². The van der Waals surface area contributed by atoms with E-state index in [1.807, 2.05) is 0 Å². The highest BCUT2D eigenvalue weighted by Gasteiger charge is 2.78. The Kier molecular flexibility index (Phi) is 5.99. The van der Waals surface area contributed by atoms with Gasteiger partial charge < -0.3 is 29.6 Å². The minimum Gasteiger partial charge on any atom is -0.467 e. The van der Waals surface area contributed by atoms with Gasteiger partial charge >= 0.3 is 18.0 Å². The number of fused-ring (bicyclic) bond motifs is 1. The van der Waals surface area contributed by atoms with Gasteiger partial charge in [0.05, 0.1) is 25.0 Å². The van der Waals surface area contributed by atoms with Gasteiger partial charge in [0.25, 0.3) is 11.6 Å². The highest BCUT2D eigenvalue weighted by Crippen LogP contribution is 2.56.